The predicted octanol–water partition coefficient (Wildman–Crippen LogP) is 5.24. The average molecular weight is 419 g/mol. The molecule has 0 radical (unpaired) electrons. The molecular weight excluding hydrogens is 402 g/mol. The van der Waals surface area contributed by atoms with Gasteiger partial charge in [-0.3, -0.25) is 0 Å². The van der Waals surface area contributed by atoms with Crippen LogP contribution < -0.4 is 0 Å². The van der Waals surface area contributed by atoms with Crippen LogP contribution in [0.3, 0.4) is 0 Å². The highest BCUT2D eigenvalue weighted by atomic mass is 79.9. The summed E-state index contributed by atoms with van der Waals surface area (Å²) in [5.74, 6) is 0. The minimum Gasteiger partial charge on any atom is -0.388 e. The van der Waals surface area contributed by atoms with Crippen molar-refractivity contribution in [1.82, 2.24) is 4.98 Å². The molecule has 1 heterocycles. The third-order valence-corrected chi connectivity index (χ3v) is 4.74. The Morgan fingerprint density at radius 1 is 1.20 bits per heavy atom. The third-order valence-electron chi connectivity index (χ3n) is 2.96. The van der Waals surface area contributed by atoms with Crippen molar-refractivity contribution in [3.05, 3.63) is 48.8 Å². The summed E-state index contributed by atoms with van der Waals surface area (Å²) < 4.78 is 1.91. The summed E-state index contributed by atoms with van der Waals surface area (Å²) in [6.07, 6.45) is 0.00617. The van der Waals surface area contributed by atoms with Gasteiger partial charge in [0, 0.05) is 26.2 Å². The van der Waals surface area contributed by atoms with Crippen LogP contribution in [0.1, 0.15) is 43.1 Å². The topological polar surface area (TPSA) is 33.1 Å². The average Bonchev–Trinajstić information content (AvgIpc) is 2.75. The number of thiazole rings is 1. The van der Waals surface area contributed by atoms with Crippen LogP contribution >= 0.6 is 43.2 Å². The van der Waals surface area contributed by atoms with Gasteiger partial charge >= 0.3 is 0 Å². The first kappa shape index (κ1) is 16.1. The lowest BCUT2D eigenvalue weighted by molar-refractivity contribution is 0.178. The van der Waals surface area contributed by atoms with E-state index in [9.17, 15) is 5.11 Å². The van der Waals surface area contributed by atoms with E-state index in [1.54, 1.807) is 11.3 Å². The molecule has 0 amide bonds. The number of aliphatic hydroxyl groups excluding tert-OH is 1. The van der Waals surface area contributed by atoms with Gasteiger partial charge in [0.15, 0.2) is 0 Å². The third kappa shape index (κ3) is 4.13. The molecule has 108 valence electrons. The highest BCUT2D eigenvalue weighted by Gasteiger charge is 2.19. The molecule has 0 spiro atoms. The lowest BCUT2D eigenvalue weighted by Gasteiger charge is -2.14. The van der Waals surface area contributed by atoms with Crippen molar-refractivity contribution in [2.75, 3.05) is 0 Å². The van der Waals surface area contributed by atoms with E-state index in [-0.39, 0.29) is 5.41 Å². The number of benzene rings is 1. The van der Waals surface area contributed by atoms with E-state index in [2.05, 4.69) is 63.0 Å². The zero-order valence-corrected chi connectivity index (χ0v) is 15.6. The number of hydrogen-bond donors (Lipinski definition) is 1. The summed E-state index contributed by atoms with van der Waals surface area (Å²) in [6, 6.07) is 5.83. The van der Waals surface area contributed by atoms with Gasteiger partial charge < -0.3 is 5.11 Å². The number of hydrogen-bond acceptors (Lipinski definition) is 3. The molecule has 1 aromatic heterocycles. The summed E-state index contributed by atoms with van der Waals surface area (Å²) in [6.45, 7) is 6.44. The lowest BCUT2D eigenvalue weighted by Crippen LogP contribution is -2.12. The van der Waals surface area contributed by atoms with Gasteiger partial charge in [0.2, 0.25) is 0 Å². The van der Waals surface area contributed by atoms with Crippen molar-refractivity contribution in [3.8, 4) is 0 Å². The van der Waals surface area contributed by atoms with Crippen LogP contribution in [0.4, 0.5) is 0 Å². The minimum atomic E-state index is -0.539. The van der Waals surface area contributed by atoms with Gasteiger partial charge in [-0.25, -0.2) is 4.98 Å². The second kappa shape index (κ2) is 6.26. The molecule has 1 unspecified atom stereocenters. The molecule has 2 nitrogen and oxygen atoms in total. The normalized spacial score (nSPS) is 13.5. The maximum absolute atomic E-state index is 10.4. The molecular formula is C15H17Br2NOS. The Balaban J connectivity index is 2.15. The Kier molecular flexibility index (Phi) is 5.05. The fourth-order valence-corrected chi connectivity index (χ4v) is 4.19. The van der Waals surface area contributed by atoms with Gasteiger partial charge in [0.25, 0.3) is 0 Å². The minimum absolute atomic E-state index is 0.0541. The van der Waals surface area contributed by atoms with Crippen LogP contribution in [-0.2, 0) is 11.8 Å². The van der Waals surface area contributed by atoms with Gasteiger partial charge in [0.05, 0.1) is 16.8 Å². The highest BCUT2D eigenvalue weighted by molar-refractivity contribution is 9.11. The molecule has 1 atom stereocenters. The van der Waals surface area contributed by atoms with Gasteiger partial charge in [-0.1, -0.05) is 52.6 Å². The molecule has 2 rings (SSSR count). The van der Waals surface area contributed by atoms with E-state index in [1.165, 1.54) is 0 Å². The molecule has 0 fully saturated rings. The van der Waals surface area contributed by atoms with Crippen molar-refractivity contribution in [1.29, 1.82) is 0 Å². The second-order valence-electron chi connectivity index (χ2n) is 5.80. The number of aliphatic hydroxyl groups is 1. The van der Waals surface area contributed by atoms with E-state index in [0.717, 1.165) is 25.2 Å². The molecule has 0 aliphatic carbocycles. The maximum atomic E-state index is 10.4. The van der Waals surface area contributed by atoms with Crippen molar-refractivity contribution < 1.29 is 5.11 Å². The van der Waals surface area contributed by atoms with Crippen LogP contribution in [-0.4, -0.2) is 10.1 Å². The van der Waals surface area contributed by atoms with Crippen LogP contribution in [0.5, 0.6) is 0 Å². The molecule has 0 aliphatic heterocycles. The van der Waals surface area contributed by atoms with Crippen molar-refractivity contribution in [2.24, 2.45) is 0 Å². The standard InChI is InChI=1S/C15H17Br2NOS/c1-15(2,3)13-8-20-14(18-13)7-12(19)9-4-10(16)6-11(17)5-9/h4-6,8,12,19H,7H2,1-3H3. The van der Waals surface area contributed by atoms with Gasteiger partial charge in [-0.05, 0) is 23.8 Å². The number of halogens is 2. The zero-order chi connectivity index (χ0) is 14.9. The second-order valence-corrected chi connectivity index (χ2v) is 8.57. The Morgan fingerprint density at radius 3 is 2.30 bits per heavy atom. The van der Waals surface area contributed by atoms with Crippen molar-refractivity contribution in [3.63, 3.8) is 0 Å². The summed E-state index contributed by atoms with van der Waals surface area (Å²) in [7, 11) is 0. The number of rotatable bonds is 3. The smallest absolute Gasteiger partial charge is 0.0957 e. The lowest BCUT2D eigenvalue weighted by atomic mass is 9.93. The van der Waals surface area contributed by atoms with Crippen molar-refractivity contribution >= 4 is 43.2 Å². The highest BCUT2D eigenvalue weighted by Crippen LogP contribution is 2.29. The first-order chi connectivity index (χ1) is 9.25. The van der Waals surface area contributed by atoms with Gasteiger partial charge in [-0.15, -0.1) is 11.3 Å². The predicted molar refractivity (Wildman–Crippen MR) is 91.3 cm³/mol. The van der Waals surface area contributed by atoms with E-state index >= 15 is 0 Å². The van der Waals surface area contributed by atoms with E-state index in [4.69, 9.17) is 0 Å². The molecule has 1 aromatic carbocycles. The van der Waals surface area contributed by atoms with E-state index in [0.29, 0.717) is 6.42 Å². The molecule has 20 heavy (non-hydrogen) atoms. The molecule has 2 aromatic rings. The van der Waals surface area contributed by atoms with Gasteiger partial charge in [0.1, 0.15) is 0 Å². The van der Waals surface area contributed by atoms with Crippen molar-refractivity contribution in [2.45, 2.75) is 38.7 Å². The summed E-state index contributed by atoms with van der Waals surface area (Å²) >= 11 is 8.50. The molecule has 5 heteroatoms. The first-order valence-corrected chi connectivity index (χ1v) is 8.81. The molecule has 1 N–H and O–H groups in total. The van der Waals surface area contributed by atoms with Crippen LogP contribution in [0.2, 0.25) is 0 Å². The zero-order valence-electron chi connectivity index (χ0n) is 11.7. The Labute approximate surface area is 140 Å². The fourth-order valence-electron chi connectivity index (χ4n) is 1.80. The van der Waals surface area contributed by atoms with Crippen LogP contribution in [0, 0.1) is 0 Å². The Morgan fingerprint density at radius 2 is 1.80 bits per heavy atom. The van der Waals surface area contributed by atoms with Crippen LogP contribution in [0.15, 0.2) is 32.5 Å². The van der Waals surface area contributed by atoms with E-state index in [1.807, 2.05) is 18.2 Å². The Bertz CT molecular complexity index is 584. The largest absolute Gasteiger partial charge is 0.388 e. The Hall–Kier alpha value is -0.230. The summed E-state index contributed by atoms with van der Waals surface area (Å²) in [4.78, 5) is 4.63. The molecule has 0 saturated carbocycles. The van der Waals surface area contributed by atoms with E-state index < -0.39 is 6.10 Å². The number of aromatic nitrogens is 1. The SMILES string of the molecule is CC(C)(C)c1csc(CC(O)c2cc(Br)cc(Br)c2)n1. The summed E-state index contributed by atoms with van der Waals surface area (Å²) in [5, 5.41) is 13.4. The molecule has 0 bridgehead atoms. The van der Waals surface area contributed by atoms with Crippen LogP contribution in [0.25, 0.3) is 0 Å². The maximum Gasteiger partial charge on any atom is 0.0957 e. The molecule has 0 aliphatic rings. The monoisotopic (exact) mass is 417 g/mol. The van der Waals surface area contributed by atoms with Gasteiger partial charge in [-0.2, -0.15) is 0 Å². The number of nitrogens with zero attached hydrogens (tertiary/aromatic N) is 1. The summed E-state index contributed by atoms with van der Waals surface area (Å²) in [5.41, 5.74) is 2.03. The fraction of sp³-hybridized carbons (Fsp3) is 0.400. The quantitative estimate of drug-likeness (QED) is 0.738. The first-order valence-electron chi connectivity index (χ1n) is 6.34. The molecule has 0 saturated heterocycles.